The number of nitrogens with zero attached hydrogens (tertiary/aromatic N) is 5. The van der Waals surface area contributed by atoms with Crippen molar-refractivity contribution in [1.29, 1.82) is 0 Å². The van der Waals surface area contributed by atoms with Gasteiger partial charge < -0.3 is 19.3 Å². The molecule has 218 valence electrons. The first kappa shape index (κ1) is 29.0. The van der Waals surface area contributed by atoms with Gasteiger partial charge in [0.15, 0.2) is 5.82 Å². The van der Waals surface area contributed by atoms with Crippen LogP contribution < -0.4 is 9.64 Å². The molecule has 41 heavy (non-hydrogen) atoms. The Balaban J connectivity index is 1.24. The van der Waals surface area contributed by atoms with Gasteiger partial charge in [0.2, 0.25) is 15.9 Å². The highest BCUT2D eigenvalue weighted by Gasteiger charge is 2.32. The average Bonchev–Trinajstić information content (AvgIpc) is 3.38. The number of amides is 1. The monoisotopic (exact) mass is 579 g/mol. The van der Waals surface area contributed by atoms with Gasteiger partial charge in [0, 0.05) is 44.9 Å². The second-order valence-electron chi connectivity index (χ2n) is 10.5. The van der Waals surface area contributed by atoms with Crippen molar-refractivity contribution in [2.45, 2.75) is 37.2 Å². The predicted octanol–water partition coefficient (Wildman–Crippen LogP) is 3.37. The van der Waals surface area contributed by atoms with E-state index in [2.05, 4.69) is 15.1 Å². The summed E-state index contributed by atoms with van der Waals surface area (Å²) in [7, 11) is -2.23. The molecule has 0 bridgehead atoms. The molecule has 2 aliphatic rings. The Labute approximate surface area is 241 Å². The number of hydrogen-bond acceptors (Lipinski definition) is 8. The number of anilines is 1. The van der Waals surface area contributed by atoms with Gasteiger partial charge in [-0.05, 0) is 74.7 Å². The predicted molar refractivity (Wildman–Crippen MR) is 156 cm³/mol. The lowest BCUT2D eigenvalue weighted by atomic mass is 10.1. The summed E-state index contributed by atoms with van der Waals surface area (Å²) in [5.41, 5.74) is 2.69. The topological polar surface area (TPSA) is 105 Å². The van der Waals surface area contributed by atoms with Crippen molar-refractivity contribution in [3.63, 3.8) is 0 Å². The van der Waals surface area contributed by atoms with Crippen molar-refractivity contribution in [2.75, 3.05) is 57.9 Å². The Morgan fingerprint density at radius 2 is 1.76 bits per heavy atom. The summed E-state index contributed by atoms with van der Waals surface area (Å²) in [4.78, 5) is 17.5. The summed E-state index contributed by atoms with van der Waals surface area (Å²) in [5, 5.41) is 8.87. The van der Waals surface area contributed by atoms with Gasteiger partial charge in [0.05, 0.1) is 30.3 Å². The minimum Gasteiger partial charge on any atom is -0.497 e. The molecule has 10 nitrogen and oxygen atoms in total. The SMILES string of the molecule is COc1ccc(-c2ccc(N3CCCN(C(=O)CN(C[C@@H]4CCCO4)S(=O)(=O)c4ccc(C)cc4)CC3)nn2)cc1. The fourth-order valence-corrected chi connectivity index (χ4v) is 6.60. The molecule has 11 heteroatoms. The Morgan fingerprint density at radius 3 is 2.41 bits per heavy atom. The van der Waals surface area contributed by atoms with Crippen LogP contribution in [0.5, 0.6) is 5.75 Å². The van der Waals surface area contributed by atoms with E-state index in [0.29, 0.717) is 26.2 Å². The summed E-state index contributed by atoms with van der Waals surface area (Å²) < 4.78 is 39.4. The van der Waals surface area contributed by atoms with Crippen LogP contribution in [-0.4, -0.2) is 92.8 Å². The van der Waals surface area contributed by atoms with Gasteiger partial charge in [0.25, 0.3) is 0 Å². The minimum atomic E-state index is -3.86. The average molecular weight is 580 g/mol. The van der Waals surface area contributed by atoms with Crippen LogP contribution in [0.15, 0.2) is 65.6 Å². The van der Waals surface area contributed by atoms with E-state index in [4.69, 9.17) is 9.47 Å². The molecule has 1 amide bonds. The maximum absolute atomic E-state index is 13.6. The van der Waals surface area contributed by atoms with Gasteiger partial charge in [-0.1, -0.05) is 17.7 Å². The van der Waals surface area contributed by atoms with Gasteiger partial charge in [-0.3, -0.25) is 4.79 Å². The molecule has 2 aliphatic heterocycles. The molecule has 0 spiro atoms. The van der Waals surface area contributed by atoms with E-state index >= 15 is 0 Å². The molecular formula is C30H37N5O5S. The van der Waals surface area contributed by atoms with Gasteiger partial charge in [-0.15, -0.1) is 10.2 Å². The maximum atomic E-state index is 13.6. The van der Waals surface area contributed by atoms with Crippen molar-refractivity contribution in [3.05, 3.63) is 66.2 Å². The van der Waals surface area contributed by atoms with E-state index < -0.39 is 10.0 Å². The Bertz CT molecular complexity index is 1410. The Morgan fingerprint density at radius 1 is 0.976 bits per heavy atom. The third kappa shape index (κ3) is 7.03. The molecule has 0 radical (unpaired) electrons. The zero-order valence-electron chi connectivity index (χ0n) is 23.6. The number of carbonyl (C=O) groups excluding carboxylic acids is 1. The van der Waals surface area contributed by atoms with Crippen LogP contribution in [0.1, 0.15) is 24.8 Å². The molecule has 2 aromatic carbocycles. The number of hydrogen-bond donors (Lipinski definition) is 0. The molecule has 0 aliphatic carbocycles. The van der Waals surface area contributed by atoms with Gasteiger partial charge in [0.1, 0.15) is 5.75 Å². The lowest BCUT2D eigenvalue weighted by Crippen LogP contribution is -2.46. The van der Waals surface area contributed by atoms with Gasteiger partial charge in [-0.2, -0.15) is 4.31 Å². The number of sulfonamides is 1. The van der Waals surface area contributed by atoms with E-state index in [9.17, 15) is 13.2 Å². The van der Waals surface area contributed by atoms with Crippen molar-refractivity contribution < 1.29 is 22.7 Å². The van der Waals surface area contributed by atoms with Crippen molar-refractivity contribution in [3.8, 4) is 17.0 Å². The second-order valence-corrected chi connectivity index (χ2v) is 12.4. The largest absolute Gasteiger partial charge is 0.497 e. The summed E-state index contributed by atoms with van der Waals surface area (Å²) >= 11 is 0. The molecule has 0 unspecified atom stereocenters. The highest BCUT2D eigenvalue weighted by molar-refractivity contribution is 7.89. The summed E-state index contributed by atoms with van der Waals surface area (Å²) in [6.45, 7) is 4.80. The zero-order valence-corrected chi connectivity index (χ0v) is 24.4. The summed E-state index contributed by atoms with van der Waals surface area (Å²) in [6.07, 6.45) is 2.21. The van der Waals surface area contributed by atoms with Crippen molar-refractivity contribution in [2.24, 2.45) is 0 Å². The molecule has 0 saturated carbocycles. The zero-order chi connectivity index (χ0) is 28.8. The highest BCUT2D eigenvalue weighted by atomic mass is 32.2. The molecule has 1 aromatic heterocycles. The van der Waals surface area contributed by atoms with Crippen LogP contribution in [0, 0.1) is 6.92 Å². The summed E-state index contributed by atoms with van der Waals surface area (Å²) in [5.74, 6) is 1.32. The molecule has 5 rings (SSSR count). The van der Waals surface area contributed by atoms with Crippen molar-refractivity contribution >= 4 is 21.7 Å². The Hall–Kier alpha value is -3.54. The number of benzene rings is 2. The smallest absolute Gasteiger partial charge is 0.243 e. The third-order valence-corrected chi connectivity index (χ3v) is 9.44. The minimum absolute atomic E-state index is 0.165. The fraction of sp³-hybridized carbons (Fsp3) is 0.433. The maximum Gasteiger partial charge on any atom is 0.243 e. The van der Waals surface area contributed by atoms with E-state index in [0.717, 1.165) is 54.2 Å². The quantitative estimate of drug-likeness (QED) is 0.380. The molecule has 0 N–H and O–H groups in total. The number of rotatable bonds is 9. The van der Waals surface area contributed by atoms with Crippen LogP contribution in [-0.2, 0) is 19.6 Å². The molecule has 2 saturated heterocycles. The highest BCUT2D eigenvalue weighted by Crippen LogP contribution is 2.23. The van der Waals surface area contributed by atoms with E-state index in [1.54, 1.807) is 36.3 Å². The van der Waals surface area contributed by atoms with Gasteiger partial charge in [-0.25, -0.2) is 8.42 Å². The van der Waals surface area contributed by atoms with Crippen LogP contribution in [0.3, 0.4) is 0 Å². The van der Waals surface area contributed by atoms with Crippen molar-refractivity contribution in [1.82, 2.24) is 19.4 Å². The normalized spacial score (nSPS) is 18.0. The standard InChI is InChI=1S/C30H37N5O5S/c1-23-6-12-27(13-7-23)41(37,38)35(21-26-5-3-20-40-26)22-30(36)34-17-4-16-33(18-19-34)29-15-14-28(31-32-29)24-8-10-25(39-2)11-9-24/h6-15,26H,3-5,16-22H2,1-2H3/t26-/m0/s1. The number of methoxy groups -OCH3 is 1. The summed E-state index contributed by atoms with van der Waals surface area (Å²) in [6, 6.07) is 18.3. The van der Waals surface area contributed by atoms with E-state index in [1.165, 1.54) is 4.31 Å². The third-order valence-electron chi connectivity index (χ3n) is 7.61. The van der Waals surface area contributed by atoms with Gasteiger partial charge >= 0.3 is 0 Å². The number of aryl methyl sites for hydroxylation is 1. The molecular weight excluding hydrogens is 542 g/mol. The fourth-order valence-electron chi connectivity index (χ4n) is 5.18. The van der Waals surface area contributed by atoms with E-state index in [-0.39, 0.29) is 30.0 Å². The lowest BCUT2D eigenvalue weighted by molar-refractivity contribution is -0.131. The molecule has 1 atom stereocenters. The molecule has 3 heterocycles. The van der Waals surface area contributed by atoms with Crippen LogP contribution in [0.2, 0.25) is 0 Å². The first-order valence-corrected chi connectivity index (χ1v) is 15.5. The first-order valence-electron chi connectivity index (χ1n) is 14.0. The number of carbonyl (C=O) groups is 1. The van der Waals surface area contributed by atoms with E-state index in [1.807, 2.05) is 43.3 Å². The molecule has 3 aromatic rings. The van der Waals surface area contributed by atoms with Crippen LogP contribution in [0.4, 0.5) is 5.82 Å². The molecule has 2 fully saturated rings. The first-order chi connectivity index (χ1) is 19.8. The lowest BCUT2D eigenvalue weighted by Gasteiger charge is -2.28. The number of aromatic nitrogens is 2. The Kier molecular flexibility index (Phi) is 9.16. The number of ether oxygens (including phenoxy) is 2. The second kappa shape index (κ2) is 13.0. The van der Waals surface area contributed by atoms with Crippen LogP contribution >= 0.6 is 0 Å². The van der Waals surface area contributed by atoms with Crippen LogP contribution in [0.25, 0.3) is 11.3 Å².